The van der Waals surface area contributed by atoms with Crippen molar-refractivity contribution in [3.63, 3.8) is 0 Å². The number of ether oxygens (including phenoxy) is 2. The molecule has 164 valence electrons. The van der Waals surface area contributed by atoms with Crippen LogP contribution in [-0.4, -0.2) is 37.3 Å². The van der Waals surface area contributed by atoms with E-state index in [1.165, 1.54) is 42.0 Å². The summed E-state index contributed by atoms with van der Waals surface area (Å²) in [6, 6.07) is 7.65. The summed E-state index contributed by atoms with van der Waals surface area (Å²) in [7, 11) is 1.54. The predicted molar refractivity (Wildman–Crippen MR) is 113 cm³/mol. The number of hydrogen-bond acceptors (Lipinski definition) is 6. The molecule has 1 heterocycles. The Hall–Kier alpha value is -3.29. The Morgan fingerprint density at radius 3 is 2.68 bits per heavy atom. The zero-order valence-corrected chi connectivity index (χ0v) is 17.6. The van der Waals surface area contributed by atoms with Crippen LogP contribution in [-0.2, 0) is 16.1 Å². The highest BCUT2D eigenvalue weighted by Gasteiger charge is 2.15. The molecule has 0 atom stereocenters. The summed E-state index contributed by atoms with van der Waals surface area (Å²) in [6.45, 7) is 1.42. The number of carbonyl (C=O) groups is 1. The molecular weight excluding hydrogens is 428 g/mol. The van der Waals surface area contributed by atoms with Crippen LogP contribution in [0.1, 0.15) is 12.0 Å². The predicted octanol–water partition coefficient (Wildman–Crippen LogP) is 1.35. The second-order valence-electron chi connectivity index (χ2n) is 6.15. The Morgan fingerprint density at radius 2 is 2.10 bits per heavy atom. The van der Waals surface area contributed by atoms with Gasteiger partial charge in [-0.2, -0.15) is 14.0 Å². The van der Waals surface area contributed by atoms with Crippen LogP contribution in [0.3, 0.4) is 0 Å². The molecule has 0 bridgehead atoms. The second kappa shape index (κ2) is 11.8. The van der Waals surface area contributed by atoms with Gasteiger partial charge in [0.05, 0.1) is 4.53 Å². The number of thiazole rings is 1. The maximum absolute atomic E-state index is 13.0. The van der Waals surface area contributed by atoms with E-state index in [-0.39, 0.29) is 34.6 Å². The third-order valence-electron chi connectivity index (χ3n) is 4.00. The molecule has 1 aromatic heterocycles. The molecular formula is C21H21F2N3O4S. The van der Waals surface area contributed by atoms with E-state index in [2.05, 4.69) is 16.6 Å². The fourth-order valence-electron chi connectivity index (χ4n) is 2.62. The van der Waals surface area contributed by atoms with Gasteiger partial charge < -0.3 is 14.8 Å². The minimum atomic E-state index is -2.93. The molecule has 0 saturated heterocycles. The fourth-order valence-corrected chi connectivity index (χ4v) is 3.75. The van der Waals surface area contributed by atoms with Crippen LogP contribution in [0.2, 0.25) is 0 Å². The van der Waals surface area contributed by atoms with E-state index >= 15 is 0 Å². The normalized spacial score (nSPS) is 12.4. The van der Waals surface area contributed by atoms with Crippen molar-refractivity contribution in [1.82, 2.24) is 9.88 Å². The molecule has 2 aromatic rings. The summed E-state index contributed by atoms with van der Waals surface area (Å²) < 4.78 is 35.8. The Kier molecular flexibility index (Phi) is 9.12. The van der Waals surface area contributed by atoms with Crippen molar-refractivity contribution in [3.05, 3.63) is 62.0 Å². The number of methoxy groups -OCH3 is 1. The molecule has 0 aliphatic rings. The van der Waals surface area contributed by atoms with Crippen LogP contribution in [0.4, 0.5) is 8.78 Å². The van der Waals surface area contributed by atoms with Gasteiger partial charge in [0.1, 0.15) is 16.5 Å². The number of benzene rings is 1. The Morgan fingerprint density at radius 1 is 1.39 bits per heavy atom. The summed E-state index contributed by atoms with van der Waals surface area (Å²) in [5.41, 5.74) is 0.0279. The molecule has 1 amide bonds. The van der Waals surface area contributed by atoms with Crippen molar-refractivity contribution in [1.29, 1.82) is 5.26 Å². The Balaban J connectivity index is 2.58. The number of aromatic nitrogens is 1. The van der Waals surface area contributed by atoms with Gasteiger partial charge in [0.15, 0.2) is 5.57 Å². The molecule has 1 N–H and O–H groups in total. The molecule has 31 heavy (non-hydrogen) atoms. The van der Waals surface area contributed by atoms with Gasteiger partial charge in [0.25, 0.3) is 11.5 Å². The zero-order valence-electron chi connectivity index (χ0n) is 16.8. The first-order valence-corrected chi connectivity index (χ1v) is 10.0. The third kappa shape index (κ3) is 6.60. The summed E-state index contributed by atoms with van der Waals surface area (Å²) in [6.07, 6.45) is 3.55. The summed E-state index contributed by atoms with van der Waals surface area (Å²) >= 11 is 1.00. The lowest BCUT2D eigenvalue weighted by atomic mass is 10.2. The second-order valence-corrected chi connectivity index (χ2v) is 7.18. The maximum atomic E-state index is 13.0. The number of rotatable bonds is 10. The van der Waals surface area contributed by atoms with E-state index in [1.807, 2.05) is 6.07 Å². The van der Waals surface area contributed by atoms with Crippen LogP contribution in [0.15, 0.2) is 41.7 Å². The van der Waals surface area contributed by atoms with Crippen LogP contribution >= 0.6 is 11.3 Å². The molecule has 7 nitrogen and oxygen atoms in total. The highest BCUT2D eigenvalue weighted by Crippen LogP contribution is 2.15. The van der Waals surface area contributed by atoms with Crippen molar-refractivity contribution >= 4 is 28.9 Å². The SMILES string of the molecule is C=CCNC(=O)/C(C#N)=c1/s/c(=C/c2ccc(OC(F)F)cc2)c(=O)n1CCCOC. The fraction of sp³-hybridized carbons (Fsp3) is 0.286. The van der Waals surface area contributed by atoms with Gasteiger partial charge in [0.2, 0.25) is 0 Å². The van der Waals surface area contributed by atoms with Gasteiger partial charge in [-0.1, -0.05) is 18.2 Å². The monoisotopic (exact) mass is 449 g/mol. The smallest absolute Gasteiger partial charge is 0.387 e. The third-order valence-corrected chi connectivity index (χ3v) is 5.13. The largest absolute Gasteiger partial charge is 0.435 e. The van der Waals surface area contributed by atoms with Crippen molar-refractivity contribution in [3.8, 4) is 11.8 Å². The molecule has 0 radical (unpaired) electrons. The van der Waals surface area contributed by atoms with E-state index in [9.17, 15) is 23.6 Å². The number of alkyl halides is 2. The highest BCUT2D eigenvalue weighted by molar-refractivity contribution is 7.07. The number of nitrogens with one attached hydrogen (secondary N) is 1. The van der Waals surface area contributed by atoms with Crippen LogP contribution < -0.4 is 24.8 Å². The molecule has 2 rings (SSSR count). The quantitative estimate of drug-likeness (QED) is 0.437. The summed E-state index contributed by atoms with van der Waals surface area (Å²) in [5, 5.41) is 12.1. The van der Waals surface area contributed by atoms with E-state index in [0.29, 0.717) is 23.1 Å². The molecule has 0 aliphatic heterocycles. The van der Waals surface area contributed by atoms with Crippen molar-refractivity contribution in [2.45, 2.75) is 19.6 Å². The summed E-state index contributed by atoms with van der Waals surface area (Å²) in [5.74, 6) is -0.612. The van der Waals surface area contributed by atoms with Gasteiger partial charge in [-0.3, -0.25) is 14.2 Å². The molecule has 10 heteroatoms. The molecule has 0 fully saturated rings. The lowest BCUT2D eigenvalue weighted by Gasteiger charge is -2.04. The number of carbonyl (C=O) groups excluding carboxylic acids is 1. The van der Waals surface area contributed by atoms with Crippen molar-refractivity contribution in [2.75, 3.05) is 20.3 Å². The van der Waals surface area contributed by atoms with Crippen molar-refractivity contribution < 1.29 is 23.0 Å². The van der Waals surface area contributed by atoms with E-state index in [4.69, 9.17) is 4.74 Å². The topological polar surface area (TPSA) is 93.4 Å². The Bertz CT molecular complexity index is 1130. The molecule has 0 aliphatic carbocycles. The number of nitrogens with zero attached hydrogens (tertiary/aromatic N) is 2. The highest BCUT2D eigenvalue weighted by atomic mass is 32.1. The molecule has 0 saturated carbocycles. The van der Waals surface area contributed by atoms with Crippen LogP contribution in [0.5, 0.6) is 5.75 Å². The maximum Gasteiger partial charge on any atom is 0.387 e. The van der Waals surface area contributed by atoms with E-state index in [0.717, 1.165) is 11.3 Å². The molecule has 0 spiro atoms. The molecule has 0 unspecified atom stereocenters. The van der Waals surface area contributed by atoms with Crippen LogP contribution in [0.25, 0.3) is 11.6 Å². The van der Waals surface area contributed by atoms with Gasteiger partial charge in [-0.25, -0.2) is 0 Å². The minimum absolute atomic E-state index is 0.00464. The van der Waals surface area contributed by atoms with Crippen LogP contribution in [0, 0.1) is 11.3 Å². The van der Waals surface area contributed by atoms with Gasteiger partial charge in [0, 0.05) is 26.8 Å². The first kappa shape index (κ1) is 24.0. The summed E-state index contributed by atoms with van der Waals surface area (Å²) in [4.78, 5) is 25.3. The Labute approximate surface area is 181 Å². The lowest BCUT2D eigenvalue weighted by molar-refractivity contribution is -0.115. The first-order valence-electron chi connectivity index (χ1n) is 9.20. The van der Waals surface area contributed by atoms with E-state index < -0.39 is 12.5 Å². The van der Waals surface area contributed by atoms with Gasteiger partial charge >= 0.3 is 6.61 Å². The van der Waals surface area contributed by atoms with E-state index in [1.54, 1.807) is 6.08 Å². The average molecular weight is 449 g/mol. The standard InChI is InChI=1S/C21H21F2N3O4S/c1-3-9-25-18(27)16(13-24)20-26(10-4-11-29-2)19(28)17(31-20)12-14-5-7-15(8-6-14)30-21(22)23/h3,5-8,12,21H,1,4,9-11H2,2H3,(H,25,27)/b17-12+,20-16+. The number of hydrogen-bond donors (Lipinski definition) is 1. The first-order chi connectivity index (χ1) is 14.9. The number of nitriles is 1. The molecule has 1 aromatic carbocycles. The average Bonchev–Trinajstić information content (AvgIpc) is 3.03. The van der Waals surface area contributed by atoms with Gasteiger partial charge in [-0.05, 0) is 30.2 Å². The number of halogens is 2. The lowest BCUT2D eigenvalue weighted by Crippen LogP contribution is -2.35. The minimum Gasteiger partial charge on any atom is -0.435 e. The van der Waals surface area contributed by atoms with Gasteiger partial charge in [-0.15, -0.1) is 17.9 Å². The zero-order chi connectivity index (χ0) is 22.8. The van der Waals surface area contributed by atoms with Crippen molar-refractivity contribution in [2.24, 2.45) is 0 Å². The number of amides is 1.